The maximum atomic E-state index is 7.56. The highest BCUT2D eigenvalue weighted by Gasteiger charge is 2.57. The van der Waals surface area contributed by atoms with Gasteiger partial charge in [0.25, 0.3) is 0 Å². The average Bonchev–Trinajstić information content (AvgIpc) is 1.46. The van der Waals surface area contributed by atoms with Crippen LogP contribution in [-0.2, 0) is 43.3 Å². The van der Waals surface area contributed by atoms with Gasteiger partial charge in [-0.2, -0.15) is 0 Å². The van der Waals surface area contributed by atoms with Crippen molar-refractivity contribution in [3.63, 3.8) is 0 Å². The Labute approximate surface area is 876 Å². The number of benzene rings is 20. The van der Waals surface area contributed by atoms with E-state index < -0.39 is 10.8 Å². The molecule has 5 nitrogen and oxygen atoms in total. The number of hydrogen-bond donors (Lipinski definition) is 1. The molecule has 146 heavy (non-hydrogen) atoms. The van der Waals surface area contributed by atoms with E-state index in [1.54, 1.807) is 0 Å². The van der Waals surface area contributed by atoms with Crippen LogP contribution in [-0.4, -0.2) is 0 Å². The number of para-hydroxylation sites is 2. The van der Waals surface area contributed by atoms with Crippen LogP contribution in [0.15, 0.2) is 406 Å². The summed E-state index contributed by atoms with van der Waals surface area (Å²) >= 11 is 7.84. The molecule has 0 unspecified atom stereocenters. The topological polar surface area (TPSA) is 44.8 Å². The average molecular weight is 2030 g/mol. The molecule has 0 aliphatic heterocycles. The standard InChI is InChI=1S/C79H72N2O.C39H20Br2O.C20H27N.CH4/c1-75(2,3)49-29-37-53(38-30-49)80(54-39-31-50(32-40-54)76(4,5)6)57-45-46-62-64(47-57)58-21-13-14-24-61(58)71-72-67(79(73(62)71)65-26-18-15-22-59(65)60-23-16-19-27-66(60)79)48-68(70-63-25-17-20-28-69(63)82-74(70)72)81(55-41-33-51(34-42-55)77(7,8)9)56-43-35-52(36-44-56)78(10,11)12;40-21-17-18-26-28(19-21)22-9-1-2-12-25(22)35-36-31(20-32(41)34-27-13-5-8-16-33(27)42-38(34)36)39(37(26)35)29-14-6-3-10-23(29)24-11-4-7-15-30(24)39;1-19(2,3)15-7-11-17(12-8-15)21-18-13-9-16(10-14-18)20(4,5)6;/h13-48H,1-12H3;1-20H;7-14,21H,1-6H3;1H4. The summed E-state index contributed by atoms with van der Waals surface area (Å²) in [7, 11) is 0. The quantitative estimate of drug-likeness (QED) is 0.154. The maximum absolute atomic E-state index is 7.56. The van der Waals surface area contributed by atoms with Crippen LogP contribution in [0.2, 0.25) is 0 Å². The lowest BCUT2D eigenvalue weighted by molar-refractivity contribution is 0.590. The second-order valence-corrected chi connectivity index (χ2v) is 48.3. The minimum Gasteiger partial charge on any atom is -0.455 e. The van der Waals surface area contributed by atoms with Gasteiger partial charge in [-0.1, -0.05) is 431 Å². The van der Waals surface area contributed by atoms with Gasteiger partial charge in [-0.3, -0.25) is 0 Å². The summed E-state index contributed by atoms with van der Waals surface area (Å²) in [5, 5.41) is 17.8. The highest BCUT2D eigenvalue weighted by Crippen LogP contribution is 2.71. The van der Waals surface area contributed by atoms with E-state index in [4.69, 9.17) is 8.83 Å². The fraction of sp³-hybridized carbons (Fsp3) is 0.194. The molecule has 0 saturated heterocycles. The number of furan rings is 2. The zero-order valence-electron chi connectivity index (χ0n) is 85.9. The lowest BCUT2D eigenvalue weighted by Crippen LogP contribution is -2.26. The predicted molar refractivity (Wildman–Crippen MR) is 630 cm³/mol. The molecule has 0 amide bonds. The molecule has 0 bridgehead atoms. The predicted octanol–water partition coefficient (Wildman–Crippen LogP) is 40.8. The first kappa shape index (κ1) is 95.0. The van der Waals surface area contributed by atoms with E-state index in [1.165, 1.54) is 160 Å². The van der Waals surface area contributed by atoms with E-state index in [1.807, 2.05) is 0 Å². The molecule has 1 N–H and O–H groups in total. The summed E-state index contributed by atoms with van der Waals surface area (Å²) in [5.41, 5.74) is 39.9. The maximum Gasteiger partial charge on any atom is 0.145 e. The highest BCUT2D eigenvalue weighted by molar-refractivity contribution is 9.11. The van der Waals surface area contributed by atoms with Crippen LogP contribution in [0.3, 0.4) is 0 Å². The molecule has 0 fully saturated rings. The van der Waals surface area contributed by atoms with Gasteiger partial charge in [0.15, 0.2) is 0 Å². The molecule has 0 radical (unpaired) electrons. The van der Waals surface area contributed by atoms with Crippen LogP contribution in [0, 0.1) is 0 Å². The van der Waals surface area contributed by atoms with Gasteiger partial charge in [-0.25, -0.2) is 0 Å². The van der Waals surface area contributed by atoms with E-state index in [0.717, 1.165) is 104 Å². The molecule has 20 aromatic carbocycles. The van der Waals surface area contributed by atoms with E-state index >= 15 is 0 Å². The first-order valence-corrected chi connectivity index (χ1v) is 52.8. The van der Waals surface area contributed by atoms with Crippen LogP contribution in [0.25, 0.3) is 131 Å². The van der Waals surface area contributed by atoms with Gasteiger partial charge >= 0.3 is 0 Å². The normalized spacial score (nSPS) is 13.5. The molecular weight excluding hydrogens is 1900 g/mol. The Morgan fingerprint density at radius 1 is 0.233 bits per heavy atom. The van der Waals surface area contributed by atoms with Crippen molar-refractivity contribution in [2.45, 2.75) is 175 Å². The summed E-state index contributed by atoms with van der Waals surface area (Å²) in [6.07, 6.45) is 0. The van der Waals surface area contributed by atoms with Crippen molar-refractivity contribution in [3.05, 3.63) is 475 Å². The van der Waals surface area contributed by atoms with E-state index in [9.17, 15) is 0 Å². The van der Waals surface area contributed by atoms with Crippen LogP contribution in [0.1, 0.15) is 210 Å². The molecule has 2 aromatic heterocycles. The molecule has 4 aliphatic rings. The van der Waals surface area contributed by atoms with Gasteiger partial charge in [0.05, 0.1) is 21.9 Å². The van der Waals surface area contributed by atoms with Gasteiger partial charge in [0.1, 0.15) is 22.3 Å². The number of halogens is 2. The summed E-state index contributed by atoms with van der Waals surface area (Å²) in [6.45, 7) is 40.9. The Balaban J connectivity index is 0.000000151. The van der Waals surface area contributed by atoms with Crippen molar-refractivity contribution < 1.29 is 8.83 Å². The SMILES string of the molecule is Brc1ccc2c3c(c4ccccc4c2c1)-c1c(cc(Br)c2c1oc1ccccc12)C31c2ccccc2-c2ccccc21.C.CC(C)(C)c1ccc(N(c2ccc(C(C)(C)C)cc2)c2ccc3c4c(c5ccccc5c3c2)-c2c(cc(N(c3ccc(C(C)(C)C)cc3)c3ccc(C(C)(C)C)cc3)c3c2oc2ccccc23)C42c3ccccc3-c3ccccc32)cc1.CC(C)(C)c1ccc(Nc2ccc(C(C)(C)C)cc2)cc1. The summed E-state index contributed by atoms with van der Waals surface area (Å²) in [6, 6.07) is 145. The van der Waals surface area contributed by atoms with Gasteiger partial charge < -0.3 is 24.0 Å². The van der Waals surface area contributed by atoms with Crippen molar-refractivity contribution in [1.82, 2.24) is 0 Å². The largest absolute Gasteiger partial charge is 0.455 e. The molecule has 2 spiro atoms. The summed E-state index contributed by atoms with van der Waals surface area (Å²) in [4.78, 5) is 4.96. The lowest BCUT2D eigenvalue weighted by Gasteiger charge is -2.34. The molecular formula is C139H123Br2N3O2. The summed E-state index contributed by atoms with van der Waals surface area (Å²) < 4.78 is 16.6. The molecule has 26 rings (SSSR count). The molecule has 22 aromatic rings. The third-order valence-corrected chi connectivity index (χ3v) is 32.6. The van der Waals surface area contributed by atoms with Gasteiger partial charge in [0, 0.05) is 76.0 Å². The molecule has 2 heterocycles. The zero-order valence-corrected chi connectivity index (χ0v) is 89.1. The van der Waals surface area contributed by atoms with E-state index in [0.29, 0.717) is 0 Å². The van der Waals surface area contributed by atoms with Crippen molar-refractivity contribution in [2.75, 3.05) is 15.1 Å². The van der Waals surface area contributed by atoms with Crippen LogP contribution in [0.4, 0.5) is 45.5 Å². The number of fused-ring (bicyclic) bond motifs is 38. The van der Waals surface area contributed by atoms with Crippen LogP contribution < -0.4 is 15.1 Å². The smallest absolute Gasteiger partial charge is 0.145 e. The third-order valence-electron chi connectivity index (χ3n) is 31.4. The van der Waals surface area contributed by atoms with Crippen molar-refractivity contribution >= 4 is 164 Å². The minimum absolute atomic E-state index is 0. The Hall–Kier alpha value is -14.6. The van der Waals surface area contributed by atoms with Gasteiger partial charge in [0.2, 0.25) is 0 Å². The number of nitrogens with one attached hydrogen (secondary N) is 1. The lowest BCUT2D eigenvalue weighted by atomic mass is 9.69. The first-order chi connectivity index (χ1) is 69.5. The molecule has 4 aliphatic carbocycles. The molecule has 720 valence electrons. The minimum atomic E-state index is -0.743. The molecule has 0 saturated carbocycles. The summed E-state index contributed by atoms with van der Waals surface area (Å²) in [5.74, 6) is 0. The van der Waals surface area contributed by atoms with E-state index in [-0.39, 0.29) is 39.9 Å². The number of nitrogens with zero attached hydrogens (tertiary/aromatic N) is 2. The van der Waals surface area contributed by atoms with Crippen molar-refractivity contribution in [3.8, 4) is 44.5 Å². The number of hydrogen-bond acceptors (Lipinski definition) is 5. The van der Waals surface area contributed by atoms with Crippen molar-refractivity contribution in [1.29, 1.82) is 0 Å². The molecule has 7 heteroatoms. The van der Waals surface area contributed by atoms with Crippen LogP contribution >= 0.6 is 31.9 Å². The fourth-order valence-electron chi connectivity index (χ4n) is 24.2. The Morgan fingerprint density at radius 2 is 0.521 bits per heavy atom. The monoisotopic (exact) mass is 2020 g/mol. The van der Waals surface area contributed by atoms with Gasteiger partial charge in [-0.05, 0) is 308 Å². The Kier molecular flexibility index (Phi) is 22.6. The second-order valence-electron chi connectivity index (χ2n) is 46.5. The number of rotatable bonds is 8. The van der Waals surface area contributed by atoms with Crippen LogP contribution in [0.5, 0.6) is 0 Å². The fourth-order valence-corrected chi connectivity index (χ4v) is 25.2. The number of anilines is 8. The second kappa shape index (κ2) is 34.8. The zero-order chi connectivity index (χ0) is 100. The van der Waals surface area contributed by atoms with E-state index in [2.05, 4.69) is 560 Å². The first-order valence-electron chi connectivity index (χ1n) is 51.2. The third kappa shape index (κ3) is 15.1. The molecule has 0 atom stereocenters. The van der Waals surface area contributed by atoms with Crippen molar-refractivity contribution in [2.24, 2.45) is 0 Å². The Bertz CT molecular complexity index is 8740. The Morgan fingerprint density at radius 3 is 0.890 bits per heavy atom. The highest BCUT2D eigenvalue weighted by atomic mass is 79.9. The van der Waals surface area contributed by atoms with Gasteiger partial charge in [-0.15, -0.1) is 0 Å².